The Kier molecular flexibility index (Phi) is 5.73. The van der Waals surface area contributed by atoms with E-state index < -0.39 is 11.6 Å². The number of benzene rings is 1. The van der Waals surface area contributed by atoms with Gasteiger partial charge in [0.1, 0.15) is 17.3 Å². The lowest BCUT2D eigenvalue weighted by molar-refractivity contribution is 0.567. The second-order valence-corrected chi connectivity index (χ2v) is 5.43. The molecule has 5 heteroatoms. The maximum absolute atomic E-state index is 13.8. The number of alkyl halides is 1. The van der Waals surface area contributed by atoms with Gasteiger partial charge in [-0.3, -0.25) is 0 Å². The van der Waals surface area contributed by atoms with Crippen molar-refractivity contribution in [3.63, 3.8) is 0 Å². The van der Waals surface area contributed by atoms with Gasteiger partial charge in [-0.1, -0.05) is 15.9 Å². The lowest BCUT2D eigenvalue weighted by Gasteiger charge is -2.27. The van der Waals surface area contributed by atoms with Crippen LogP contribution in [-0.2, 0) is 5.33 Å². The first kappa shape index (κ1) is 14.8. The molecule has 0 fully saturated rings. The largest absolute Gasteiger partial charge is 0.366 e. The van der Waals surface area contributed by atoms with Crippen LogP contribution < -0.4 is 4.90 Å². The zero-order chi connectivity index (χ0) is 13.0. The zero-order valence-electron chi connectivity index (χ0n) is 10.1. The average molecular weight is 324 g/mol. The van der Waals surface area contributed by atoms with Crippen LogP contribution >= 0.6 is 27.7 Å². The molecule has 1 atom stereocenters. The van der Waals surface area contributed by atoms with E-state index in [1.807, 2.05) is 13.2 Å². The van der Waals surface area contributed by atoms with Gasteiger partial charge in [0.05, 0.1) is 0 Å². The Morgan fingerprint density at radius 1 is 1.35 bits per heavy atom. The molecule has 0 aliphatic rings. The highest BCUT2D eigenvalue weighted by molar-refractivity contribution is 9.08. The molecule has 0 saturated heterocycles. The minimum absolute atomic E-state index is 0.0521. The molecule has 0 spiro atoms. The van der Waals surface area contributed by atoms with Crippen LogP contribution in [0.25, 0.3) is 0 Å². The maximum Gasteiger partial charge on any atom is 0.149 e. The van der Waals surface area contributed by atoms with Gasteiger partial charge in [0, 0.05) is 24.2 Å². The van der Waals surface area contributed by atoms with Crippen molar-refractivity contribution in [2.24, 2.45) is 0 Å². The van der Waals surface area contributed by atoms with Crippen LogP contribution in [0.3, 0.4) is 0 Å². The SMILES string of the molecule is CSCC(C)N(C)c1c(F)cc(CBr)cc1F. The number of rotatable bonds is 5. The average Bonchev–Trinajstić information content (AvgIpc) is 2.28. The highest BCUT2D eigenvalue weighted by Crippen LogP contribution is 2.27. The zero-order valence-corrected chi connectivity index (χ0v) is 12.5. The number of nitrogens with zero attached hydrogens (tertiary/aromatic N) is 1. The van der Waals surface area contributed by atoms with Crippen LogP contribution in [0.4, 0.5) is 14.5 Å². The Morgan fingerprint density at radius 2 is 1.88 bits per heavy atom. The van der Waals surface area contributed by atoms with E-state index in [0.717, 1.165) is 5.75 Å². The van der Waals surface area contributed by atoms with Gasteiger partial charge < -0.3 is 4.90 Å². The van der Waals surface area contributed by atoms with Gasteiger partial charge in [-0.05, 0) is 30.9 Å². The summed E-state index contributed by atoms with van der Waals surface area (Å²) in [5.74, 6) is -0.180. The van der Waals surface area contributed by atoms with Gasteiger partial charge in [-0.15, -0.1) is 0 Å². The summed E-state index contributed by atoms with van der Waals surface area (Å²) in [6, 6.07) is 2.83. The fourth-order valence-electron chi connectivity index (χ4n) is 1.61. The molecule has 0 saturated carbocycles. The van der Waals surface area contributed by atoms with Crippen molar-refractivity contribution in [1.82, 2.24) is 0 Å². The summed E-state index contributed by atoms with van der Waals surface area (Å²) in [6.07, 6.45) is 1.98. The maximum atomic E-state index is 13.8. The second-order valence-electron chi connectivity index (χ2n) is 3.96. The van der Waals surface area contributed by atoms with Gasteiger partial charge in [0.25, 0.3) is 0 Å². The second kappa shape index (κ2) is 6.59. The van der Waals surface area contributed by atoms with Crippen LogP contribution in [0.2, 0.25) is 0 Å². The monoisotopic (exact) mass is 323 g/mol. The molecule has 17 heavy (non-hydrogen) atoms. The summed E-state index contributed by atoms with van der Waals surface area (Å²) in [5.41, 5.74) is 0.658. The fraction of sp³-hybridized carbons (Fsp3) is 0.500. The summed E-state index contributed by atoms with van der Waals surface area (Å²) in [7, 11) is 1.72. The van der Waals surface area contributed by atoms with Crippen molar-refractivity contribution in [3.8, 4) is 0 Å². The predicted molar refractivity (Wildman–Crippen MR) is 75.2 cm³/mol. The molecule has 0 amide bonds. The molecule has 0 aliphatic carbocycles. The van der Waals surface area contributed by atoms with Crippen molar-refractivity contribution in [2.75, 3.05) is 24.0 Å². The number of anilines is 1. The van der Waals surface area contributed by atoms with Crippen LogP contribution in [0.5, 0.6) is 0 Å². The van der Waals surface area contributed by atoms with Crippen molar-refractivity contribution >= 4 is 33.4 Å². The molecule has 1 nitrogen and oxygen atoms in total. The summed E-state index contributed by atoms with van der Waals surface area (Å²) in [4.78, 5) is 1.65. The van der Waals surface area contributed by atoms with Crippen molar-refractivity contribution in [3.05, 3.63) is 29.3 Å². The highest BCUT2D eigenvalue weighted by Gasteiger charge is 2.18. The number of hydrogen-bond donors (Lipinski definition) is 0. The standard InChI is InChI=1S/C12H16BrF2NS/c1-8(7-17-3)16(2)12-10(14)4-9(6-13)5-11(12)15/h4-5,8H,6-7H2,1-3H3. The number of hydrogen-bond acceptors (Lipinski definition) is 2. The smallest absolute Gasteiger partial charge is 0.149 e. The van der Waals surface area contributed by atoms with E-state index in [-0.39, 0.29) is 11.7 Å². The highest BCUT2D eigenvalue weighted by atomic mass is 79.9. The summed E-state index contributed by atoms with van der Waals surface area (Å²) >= 11 is 4.85. The van der Waals surface area contributed by atoms with E-state index in [9.17, 15) is 8.78 Å². The van der Waals surface area contributed by atoms with Crippen LogP contribution in [0, 0.1) is 11.6 Å². The summed E-state index contributed by atoms with van der Waals surface area (Å²) in [6.45, 7) is 1.95. The van der Waals surface area contributed by atoms with Crippen LogP contribution in [-0.4, -0.2) is 25.1 Å². The Hall–Kier alpha value is -0.290. The van der Waals surface area contributed by atoms with E-state index in [1.54, 1.807) is 23.7 Å². The van der Waals surface area contributed by atoms with Gasteiger partial charge in [-0.25, -0.2) is 8.78 Å². The molecule has 0 heterocycles. The van der Waals surface area contributed by atoms with Crippen LogP contribution in [0.15, 0.2) is 12.1 Å². The van der Waals surface area contributed by atoms with Gasteiger partial charge in [-0.2, -0.15) is 11.8 Å². The van der Waals surface area contributed by atoms with Crippen LogP contribution in [0.1, 0.15) is 12.5 Å². The first-order chi connectivity index (χ1) is 8.01. The van der Waals surface area contributed by atoms with Gasteiger partial charge >= 0.3 is 0 Å². The van der Waals surface area contributed by atoms with E-state index in [2.05, 4.69) is 15.9 Å². The molecule has 1 aromatic rings. The molecule has 0 aliphatic heterocycles. The van der Waals surface area contributed by atoms with E-state index in [0.29, 0.717) is 10.9 Å². The first-order valence-corrected chi connectivity index (χ1v) is 7.78. The molecule has 1 rings (SSSR count). The number of halogens is 3. The quantitative estimate of drug-likeness (QED) is 0.752. The van der Waals surface area contributed by atoms with Crippen molar-refractivity contribution in [1.29, 1.82) is 0 Å². The third kappa shape index (κ3) is 3.58. The lowest BCUT2D eigenvalue weighted by atomic mass is 10.1. The van der Waals surface area contributed by atoms with E-state index in [4.69, 9.17) is 0 Å². The fourth-order valence-corrected chi connectivity index (χ4v) is 2.64. The van der Waals surface area contributed by atoms with Crippen molar-refractivity contribution < 1.29 is 8.78 Å². The van der Waals surface area contributed by atoms with E-state index >= 15 is 0 Å². The molecule has 0 bridgehead atoms. The Bertz CT molecular complexity index is 364. The van der Waals surface area contributed by atoms with Gasteiger partial charge in [0.15, 0.2) is 0 Å². The Labute approximate surface area is 114 Å². The normalized spacial score (nSPS) is 12.6. The minimum Gasteiger partial charge on any atom is -0.366 e. The summed E-state index contributed by atoms with van der Waals surface area (Å²) < 4.78 is 27.7. The minimum atomic E-state index is -0.505. The summed E-state index contributed by atoms with van der Waals surface area (Å²) in [5, 5.41) is 0.450. The van der Waals surface area contributed by atoms with Gasteiger partial charge in [0.2, 0.25) is 0 Å². The topological polar surface area (TPSA) is 3.24 Å². The molecule has 96 valence electrons. The third-order valence-corrected chi connectivity index (χ3v) is 4.12. The van der Waals surface area contributed by atoms with E-state index in [1.165, 1.54) is 12.1 Å². The molecule has 0 N–H and O–H groups in total. The predicted octanol–water partition coefficient (Wildman–Crippen LogP) is 4.05. The molecular formula is C12H16BrF2NS. The molecule has 1 aromatic carbocycles. The first-order valence-electron chi connectivity index (χ1n) is 5.27. The van der Waals surface area contributed by atoms with Crippen molar-refractivity contribution in [2.45, 2.75) is 18.3 Å². The third-order valence-electron chi connectivity index (χ3n) is 2.65. The molecule has 0 radical (unpaired) electrons. The molecule has 0 aromatic heterocycles. The molecular weight excluding hydrogens is 308 g/mol. The lowest BCUT2D eigenvalue weighted by Crippen LogP contribution is -2.32. The molecule has 1 unspecified atom stereocenters. The Morgan fingerprint density at radius 3 is 2.29 bits per heavy atom. The Balaban J connectivity index is 3.05. The number of thioether (sulfide) groups is 1.